The molecular formula is C10H23O2P. The molecule has 0 aromatic carbocycles. The first-order valence-corrected chi connectivity index (χ1v) is 7.44. The third-order valence-electron chi connectivity index (χ3n) is 1.81. The van der Waals surface area contributed by atoms with E-state index in [-0.39, 0.29) is 0 Å². The quantitative estimate of drug-likeness (QED) is 0.468. The van der Waals surface area contributed by atoms with Gasteiger partial charge < -0.3 is 4.52 Å². The van der Waals surface area contributed by atoms with Crippen LogP contribution in [0.25, 0.3) is 0 Å². The largest absolute Gasteiger partial charge is 0.329 e. The first-order chi connectivity index (χ1) is 5.98. The lowest BCUT2D eigenvalue weighted by atomic mass is 10.3. The van der Waals surface area contributed by atoms with Gasteiger partial charge in [-0.2, -0.15) is 0 Å². The van der Waals surface area contributed by atoms with Crippen LogP contribution in [0.5, 0.6) is 0 Å². The van der Waals surface area contributed by atoms with Gasteiger partial charge in [-0.05, 0) is 12.3 Å². The Labute approximate surface area is 82.5 Å². The minimum Gasteiger partial charge on any atom is -0.329 e. The second kappa shape index (κ2) is 6.62. The lowest BCUT2D eigenvalue weighted by Gasteiger charge is -2.15. The van der Waals surface area contributed by atoms with Crippen molar-refractivity contribution >= 4 is 7.37 Å². The first kappa shape index (κ1) is 13.2. The Bertz CT molecular complexity index is 166. The molecule has 1 unspecified atom stereocenters. The van der Waals surface area contributed by atoms with Crippen LogP contribution < -0.4 is 0 Å². The van der Waals surface area contributed by atoms with E-state index < -0.39 is 7.37 Å². The van der Waals surface area contributed by atoms with Crippen LogP contribution in [0.1, 0.15) is 40.0 Å². The van der Waals surface area contributed by atoms with Crippen LogP contribution in [0.15, 0.2) is 0 Å². The van der Waals surface area contributed by atoms with Gasteiger partial charge in [-0.3, -0.25) is 4.57 Å². The van der Waals surface area contributed by atoms with Gasteiger partial charge in [0.25, 0.3) is 0 Å². The van der Waals surface area contributed by atoms with Crippen molar-refractivity contribution < 1.29 is 9.09 Å². The fraction of sp³-hybridized carbons (Fsp3) is 1.00. The van der Waals surface area contributed by atoms with E-state index in [1.807, 2.05) is 0 Å². The zero-order valence-electron chi connectivity index (χ0n) is 9.38. The minimum absolute atomic E-state index is 0.460. The molecule has 2 nitrogen and oxygen atoms in total. The summed E-state index contributed by atoms with van der Waals surface area (Å²) in [6, 6.07) is 0. The third kappa shape index (κ3) is 8.52. The molecule has 0 aliphatic rings. The lowest BCUT2D eigenvalue weighted by molar-refractivity contribution is 0.304. The van der Waals surface area contributed by atoms with Crippen molar-refractivity contribution in [3.05, 3.63) is 0 Å². The van der Waals surface area contributed by atoms with Crippen LogP contribution >= 0.6 is 7.37 Å². The van der Waals surface area contributed by atoms with E-state index >= 15 is 0 Å². The molecule has 0 N–H and O–H groups in total. The van der Waals surface area contributed by atoms with E-state index in [2.05, 4.69) is 20.8 Å². The molecule has 0 spiro atoms. The van der Waals surface area contributed by atoms with Crippen LogP contribution in [-0.4, -0.2) is 19.4 Å². The summed E-state index contributed by atoms with van der Waals surface area (Å²) in [7, 11) is -2.29. The average Bonchev–Trinajstić information content (AvgIpc) is 1.95. The molecule has 0 aromatic rings. The second-order valence-electron chi connectivity index (χ2n) is 4.13. The summed E-state index contributed by atoms with van der Waals surface area (Å²) in [5.41, 5.74) is 0. The number of hydrogen-bond acceptors (Lipinski definition) is 2. The highest BCUT2D eigenvalue weighted by Crippen LogP contribution is 2.44. The molecule has 80 valence electrons. The van der Waals surface area contributed by atoms with E-state index in [4.69, 9.17) is 4.52 Å². The van der Waals surface area contributed by atoms with Gasteiger partial charge in [0.1, 0.15) is 0 Å². The van der Waals surface area contributed by atoms with Crippen molar-refractivity contribution in [3.8, 4) is 0 Å². The zero-order valence-corrected chi connectivity index (χ0v) is 10.3. The second-order valence-corrected chi connectivity index (χ2v) is 6.78. The molecule has 0 bridgehead atoms. The molecule has 3 heteroatoms. The van der Waals surface area contributed by atoms with Crippen molar-refractivity contribution in [1.82, 2.24) is 0 Å². The Morgan fingerprint density at radius 3 is 2.38 bits per heavy atom. The number of unbranched alkanes of at least 4 members (excludes halogenated alkanes) is 2. The van der Waals surface area contributed by atoms with E-state index in [1.165, 1.54) is 12.8 Å². The van der Waals surface area contributed by atoms with Crippen molar-refractivity contribution in [2.24, 2.45) is 5.92 Å². The number of rotatable bonds is 7. The summed E-state index contributed by atoms with van der Waals surface area (Å²) in [4.78, 5) is 0. The summed E-state index contributed by atoms with van der Waals surface area (Å²) >= 11 is 0. The van der Waals surface area contributed by atoms with Crippen molar-refractivity contribution in [2.45, 2.75) is 40.0 Å². The Kier molecular flexibility index (Phi) is 6.71. The molecule has 0 fully saturated rings. The molecular weight excluding hydrogens is 183 g/mol. The highest BCUT2D eigenvalue weighted by atomic mass is 31.2. The van der Waals surface area contributed by atoms with Crippen molar-refractivity contribution in [3.63, 3.8) is 0 Å². The van der Waals surface area contributed by atoms with Crippen LogP contribution in [0.4, 0.5) is 0 Å². The van der Waals surface area contributed by atoms with Crippen LogP contribution in [-0.2, 0) is 9.09 Å². The Hall–Kier alpha value is 0.190. The molecule has 0 aromatic heterocycles. The summed E-state index contributed by atoms with van der Waals surface area (Å²) in [6.45, 7) is 8.71. The maximum absolute atomic E-state index is 11.8. The predicted molar refractivity (Wildman–Crippen MR) is 58.7 cm³/mol. The van der Waals surface area contributed by atoms with E-state index in [0.717, 1.165) is 6.42 Å². The Morgan fingerprint density at radius 1 is 1.31 bits per heavy atom. The van der Waals surface area contributed by atoms with Gasteiger partial charge in [-0.25, -0.2) is 0 Å². The van der Waals surface area contributed by atoms with Crippen LogP contribution in [0, 0.1) is 5.92 Å². The fourth-order valence-corrected chi connectivity index (χ4v) is 3.27. The molecule has 0 saturated heterocycles. The van der Waals surface area contributed by atoms with E-state index in [0.29, 0.717) is 18.7 Å². The predicted octanol–water partition coefficient (Wildman–Crippen LogP) is 3.76. The highest BCUT2D eigenvalue weighted by Gasteiger charge is 2.16. The van der Waals surface area contributed by atoms with E-state index in [9.17, 15) is 4.57 Å². The maximum atomic E-state index is 11.8. The topological polar surface area (TPSA) is 26.3 Å². The third-order valence-corrected chi connectivity index (χ3v) is 3.93. The maximum Gasteiger partial charge on any atom is 0.200 e. The molecule has 0 rings (SSSR count). The molecule has 1 atom stereocenters. The minimum atomic E-state index is -2.29. The summed E-state index contributed by atoms with van der Waals surface area (Å²) < 4.78 is 17.2. The van der Waals surface area contributed by atoms with Gasteiger partial charge in [0.15, 0.2) is 7.37 Å². The highest BCUT2D eigenvalue weighted by molar-refractivity contribution is 7.58. The lowest BCUT2D eigenvalue weighted by Crippen LogP contribution is -2.01. The zero-order chi connectivity index (χ0) is 10.3. The smallest absolute Gasteiger partial charge is 0.200 e. The van der Waals surface area contributed by atoms with Gasteiger partial charge in [-0.1, -0.05) is 33.6 Å². The van der Waals surface area contributed by atoms with Crippen LogP contribution in [0.3, 0.4) is 0 Å². The molecule has 0 saturated carbocycles. The normalized spacial score (nSPS) is 16.1. The standard InChI is InChI=1S/C10H23O2P/c1-5-6-7-8-12-13(4,11)9-10(2)3/h10H,5-9H2,1-4H3. The SMILES string of the molecule is CCCCCOP(C)(=O)CC(C)C. The van der Waals surface area contributed by atoms with Gasteiger partial charge >= 0.3 is 0 Å². The molecule has 0 heterocycles. The van der Waals surface area contributed by atoms with Gasteiger partial charge in [0.05, 0.1) is 6.61 Å². The van der Waals surface area contributed by atoms with Gasteiger partial charge in [0, 0.05) is 12.8 Å². The summed E-state index contributed by atoms with van der Waals surface area (Å²) in [6.07, 6.45) is 4.09. The van der Waals surface area contributed by atoms with Gasteiger partial charge in [0.2, 0.25) is 0 Å². The molecule has 0 aliphatic carbocycles. The average molecular weight is 206 g/mol. The first-order valence-electron chi connectivity index (χ1n) is 5.19. The Morgan fingerprint density at radius 2 is 1.92 bits per heavy atom. The monoisotopic (exact) mass is 206 g/mol. The summed E-state index contributed by atoms with van der Waals surface area (Å²) in [5.74, 6) is 0.460. The molecule has 13 heavy (non-hydrogen) atoms. The molecule has 0 radical (unpaired) electrons. The Balaban J connectivity index is 3.57. The number of hydrogen-bond donors (Lipinski definition) is 0. The van der Waals surface area contributed by atoms with Crippen LogP contribution in [0.2, 0.25) is 0 Å². The summed E-state index contributed by atoms with van der Waals surface area (Å²) in [5, 5.41) is 0. The van der Waals surface area contributed by atoms with Crippen molar-refractivity contribution in [2.75, 3.05) is 19.4 Å². The van der Waals surface area contributed by atoms with Gasteiger partial charge in [-0.15, -0.1) is 0 Å². The fourth-order valence-electron chi connectivity index (χ4n) is 1.33. The van der Waals surface area contributed by atoms with Crippen molar-refractivity contribution in [1.29, 1.82) is 0 Å². The molecule has 0 amide bonds. The van der Waals surface area contributed by atoms with E-state index in [1.54, 1.807) is 6.66 Å². The molecule has 0 aliphatic heterocycles.